The van der Waals surface area contributed by atoms with Crippen molar-refractivity contribution in [1.29, 1.82) is 0 Å². The van der Waals surface area contributed by atoms with Gasteiger partial charge in [-0.3, -0.25) is 9.59 Å². The predicted octanol–water partition coefficient (Wildman–Crippen LogP) is 14.1. The molecule has 474 valence electrons. The largest absolute Gasteiger partial charge is 0.611 e. The van der Waals surface area contributed by atoms with E-state index >= 15 is 8.78 Å². The van der Waals surface area contributed by atoms with E-state index in [-0.39, 0.29) is 17.3 Å². The van der Waals surface area contributed by atoms with E-state index in [0.29, 0.717) is 100 Å². The topological polar surface area (TPSA) is 195 Å². The van der Waals surface area contributed by atoms with Crippen LogP contribution in [0.15, 0.2) is 156 Å². The second-order valence-corrected chi connectivity index (χ2v) is 24.0. The van der Waals surface area contributed by atoms with Crippen LogP contribution in [-0.4, -0.2) is 93.9 Å². The maximum absolute atomic E-state index is 15.4. The number of carbonyl (C=O) groups is 2. The molecule has 2 amide bonds. The zero-order valence-corrected chi connectivity index (χ0v) is 53.4. The number of aromatic nitrogens is 4. The van der Waals surface area contributed by atoms with Crippen LogP contribution in [0, 0.1) is 25.5 Å². The number of ether oxygens (including phenoxy) is 6. The molecule has 0 aliphatic heterocycles. The molecular weight excluding hydrogens is 1190 g/mol. The number of carbonyl (C=O) groups excluding carboxylic acids is 2. The fourth-order valence-electron chi connectivity index (χ4n) is 9.81. The first-order valence-corrected chi connectivity index (χ1v) is 32.7. The number of nitrogens with one attached hydrogen (secondary N) is 2. The van der Waals surface area contributed by atoms with Gasteiger partial charge in [-0.25, -0.2) is 18.7 Å². The lowest BCUT2D eigenvalue weighted by molar-refractivity contribution is -0.112. The molecule has 2 atom stereocenters. The molecule has 20 heteroatoms. The number of halogens is 2. The minimum atomic E-state index is -1.37. The van der Waals surface area contributed by atoms with Crippen molar-refractivity contribution in [3.05, 3.63) is 192 Å². The summed E-state index contributed by atoms with van der Waals surface area (Å²) < 4.78 is 95.3. The number of imidazole rings is 2. The summed E-state index contributed by atoms with van der Waals surface area (Å²) in [6.07, 6.45) is 15.0. The van der Waals surface area contributed by atoms with Gasteiger partial charge in [-0.2, -0.15) is 0 Å². The Bertz CT molecular complexity index is 3650. The van der Waals surface area contributed by atoms with Gasteiger partial charge in [-0.15, -0.1) is 0 Å². The van der Waals surface area contributed by atoms with Gasteiger partial charge in [0.05, 0.1) is 62.9 Å². The highest BCUT2D eigenvalue weighted by Crippen LogP contribution is 2.34. The van der Waals surface area contributed by atoms with Crippen molar-refractivity contribution in [2.24, 2.45) is 0 Å². The van der Waals surface area contributed by atoms with Gasteiger partial charge in [-0.05, 0) is 194 Å². The molecule has 2 heterocycles. The first kappa shape index (κ1) is 67.7. The smallest absolute Gasteiger partial charge is 0.248 e. The van der Waals surface area contributed by atoms with E-state index in [4.69, 9.17) is 28.4 Å². The zero-order valence-electron chi connectivity index (χ0n) is 51.8. The number of unbranched alkanes of at least 4 members (excludes halogenated alkanes) is 4. The van der Waals surface area contributed by atoms with Crippen molar-refractivity contribution in [3.8, 4) is 45.3 Å². The molecule has 0 saturated heterocycles. The Labute approximate surface area is 532 Å². The normalized spacial score (nSPS) is 12.2. The Balaban J connectivity index is 0.712. The van der Waals surface area contributed by atoms with Crippen LogP contribution >= 0.6 is 0 Å². The SMILES string of the molecule is CCCCOCCOc1ccc(-c2cc(F)c(OC)c(/C=C/C(=O)Nc3ccc([S@@+]([O-])Cc4c(C)ncn4CCCCCCOCCOc4ccc(-c5cc(F)c(OC)c(/C=C/C(=O)Nc6ccc([S@+]([O-])Cc7c(C)ncn7CC)cc6)c5)cc4)cc3)c2)cc1. The minimum Gasteiger partial charge on any atom is -0.611 e. The molecule has 6 aromatic carbocycles. The number of aryl methyl sites for hydroxylation is 4. The van der Waals surface area contributed by atoms with Crippen molar-refractivity contribution in [1.82, 2.24) is 19.1 Å². The van der Waals surface area contributed by atoms with Crippen molar-refractivity contribution in [2.45, 2.75) is 101 Å². The van der Waals surface area contributed by atoms with Crippen LogP contribution < -0.4 is 29.6 Å². The molecule has 0 aliphatic rings. The summed E-state index contributed by atoms with van der Waals surface area (Å²) in [7, 11) is 2.75. The molecule has 0 bridgehead atoms. The van der Waals surface area contributed by atoms with Crippen LogP contribution in [0.1, 0.15) is 86.3 Å². The monoisotopic (exact) mass is 1260 g/mol. The number of methoxy groups -OCH3 is 2. The van der Waals surface area contributed by atoms with Crippen LogP contribution in [0.3, 0.4) is 0 Å². The van der Waals surface area contributed by atoms with Crippen molar-refractivity contribution in [2.75, 3.05) is 64.5 Å². The average Bonchev–Trinajstić information content (AvgIpc) is 1.26. The molecule has 0 unspecified atom stereocenters. The summed E-state index contributed by atoms with van der Waals surface area (Å²) >= 11 is -2.67. The molecule has 90 heavy (non-hydrogen) atoms. The van der Waals surface area contributed by atoms with Gasteiger partial charge in [0, 0.05) is 61.0 Å². The van der Waals surface area contributed by atoms with Gasteiger partial charge >= 0.3 is 0 Å². The molecular formula is C70H78F2N6O10S2. The molecule has 0 radical (unpaired) electrons. The molecule has 8 rings (SSSR count). The quantitative estimate of drug-likeness (QED) is 0.0217. The Morgan fingerprint density at radius 2 is 0.967 bits per heavy atom. The van der Waals surface area contributed by atoms with Gasteiger partial charge < -0.3 is 57.3 Å². The highest BCUT2D eigenvalue weighted by molar-refractivity contribution is 7.91. The number of rotatable bonds is 35. The van der Waals surface area contributed by atoms with Crippen LogP contribution in [0.2, 0.25) is 0 Å². The molecule has 0 aliphatic carbocycles. The summed E-state index contributed by atoms with van der Waals surface area (Å²) in [5, 5.41) is 5.63. The lowest BCUT2D eigenvalue weighted by Crippen LogP contribution is -2.12. The molecule has 0 spiro atoms. The standard InChI is InChI=1S/C70H78F2N6O10S2/c1-7-9-35-85-37-39-87-59-24-14-51(15-25-59)55-41-54(70(84-6)63(71)43-55)19-33-68(80)76-58-22-30-62(31-23-58)90(82)46-66-50(4)74-48-78(66)34-12-10-11-13-36-86-38-40-88-60-26-16-52(17-27-60)56-42-53(69(83-5)64(72)44-56)18-32-67(79)75-57-20-28-61(29-21-57)89(81)45-65-49(3)73-47-77(65)8-2/h14-33,41-44,47-48H,7-13,34-40,45-46H2,1-6H3,(H,75,79)(H,76,80)/b32-18+,33-19+/t89-,90+/m1/s1. The highest BCUT2D eigenvalue weighted by Gasteiger charge is 2.21. The number of nitrogens with zero attached hydrogens (tertiary/aromatic N) is 4. The molecule has 2 N–H and O–H groups in total. The summed E-state index contributed by atoms with van der Waals surface area (Å²) in [5.74, 6) is -0.0478. The third-order valence-corrected chi connectivity index (χ3v) is 17.5. The van der Waals surface area contributed by atoms with Gasteiger partial charge in [0.25, 0.3) is 0 Å². The first-order valence-electron chi connectivity index (χ1n) is 30.1. The zero-order chi connectivity index (χ0) is 63.8. The Hall–Kier alpha value is -8.24. The summed E-state index contributed by atoms with van der Waals surface area (Å²) in [4.78, 5) is 36.1. The van der Waals surface area contributed by atoms with E-state index in [1.54, 1.807) is 73.3 Å². The number of hydrogen-bond acceptors (Lipinski definition) is 12. The van der Waals surface area contributed by atoms with E-state index in [1.165, 1.54) is 50.7 Å². The van der Waals surface area contributed by atoms with Gasteiger partial charge in [0.1, 0.15) is 24.7 Å². The second-order valence-electron chi connectivity index (χ2n) is 21.1. The fourth-order valence-corrected chi connectivity index (χ4v) is 12.3. The maximum Gasteiger partial charge on any atom is 0.248 e. The second kappa shape index (κ2) is 34.7. The lowest BCUT2D eigenvalue weighted by atomic mass is 10.0. The minimum absolute atomic E-state index is 0.00633. The molecule has 8 aromatic rings. The number of benzene rings is 6. The highest BCUT2D eigenvalue weighted by atomic mass is 32.2. The third kappa shape index (κ3) is 19.6. The van der Waals surface area contributed by atoms with Crippen LogP contribution in [0.25, 0.3) is 34.4 Å². The summed E-state index contributed by atoms with van der Waals surface area (Å²) in [5.41, 5.74) is 8.00. The third-order valence-electron chi connectivity index (χ3n) is 14.8. The molecule has 2 aromatic heterocycles. The van der Waals surface area contributed by atoms with E-state index in [9.17, 15) is 18.7 Å². The number of anilines is 2. The van der Waals surface area contributed by atoms with Crippen LogP contribution in [-0.2, 0) is 66.0 Å². The Morgan fingerprint density at radius 1 is 0.533 bits per heavy atom. The maximum atomic E-state index is 15.4. The summed E-state index contributed by atoms with van der Waals surface area (Å²) in [6, 6.07) is 34.6. The molecule has 16 nitrogen and oxygen atoms in total. The lowest BCUT2D eigenvalue weighted by Gasteiger charge is -2.14. The van der Waals surface area contributed by atoms with Gasteiger partial charge in [0.2, 0.25) is 11.8 Å². The van der Waals surface area contributed by atoms with Crippen molar-refractivity contribution >= 4 is 57.7 Å². The van der Waals surface area contributed by atoms with Crippen molar-refractivity contribution < 1.29 is 55.9 Å². The van der Waals surface area contributed by atoms with Crippen LogP contribution in [0.4, 0.5) is 20.2 Å². The van der Waals surface area contributed by atoms with E-state index in [2.05, 4.69) is 32.1 Å². The first-order chi connectivity index (χ1) is 43.7. The van der Waals surface area contributed by atoms with E-state index in [1.807, 2.05) is 73.9 Å². The number of hydrogen-bond donors (Lipinski definition) is 2. The van der Waals surface area contributed by atoms with Crippen molar-refractivity contribution in [3.63, 3.8) is 0 Å². The number of amides is 2. The molecule has 0 saturated carbocycles. The van der Waals surface area contributed by atoms with Gasteiger partial charge in [-0.1, -0.05) is 50.5 Å². The van der Waals surface area contributed by atoms with E-state index < -0.39 is 45.8 Å². The molecule has 0 fully saturated rings. The van der Waals surface area contributed by atoms with Crippen LogP contribution in [0.5, 0.6) is 23.0 Å². The Kier molecular flexibility index (Phi) is 26.1. The predicted molar refractivity (Wildman–Crippen MR) is 351 cm³/mol. The van der Waals surface area contributed by atoms with E-state index in [0.717, 1.165) is 85.5 Å². The van der Waals surface area contributed by atoms with Gasteiger partial charge in [0.15, 0.2) is 44.4 Å². The fraction of sp³-hybridized carbons (Fsp3) is 0.314. The average molecular weight is 1270 g/mol. The Morgan fingerprint density at radius 3 is 1.41 bits per heavy atom. The summed E-state index contributed by atoms with van der Waals surface area (Å²) in [6.45, 7) is 12.4.